The Morgan fingerprint density at radius 3 is 2.38 bits per heavy atom. The average molecular weight is 380 g/mol. The third-order valence-electron chi connectivity index (χ3n) is 4.71. The van der Waals surface area contributed by atoms with E-state index < -0.39 is 10.0 Å². The fourth-order valence-electron chi connectivity index (χ4n) is 3.28. The Bertz CT molecular complexity index is 820. The van der Waals surface area contributed by atoms with Gasteiger partial charge in [0, 0.05) is 0 Å². The van der Waals surface area contributed by atoms with Crippen molar-refractivity contribution in [2.45, 2.75) is 31.7 Å². The van der Waals surface area contributed by atoms with E-state index in [1.165, 1.54) is 4.90 Å². The second-order valence-corrected chi connectivity index (χ2v) is 8.46. The number of aryl methyl sites for hydroxylation is 3. The number of hydrogen-bond acceptors (Lipinski definition) is 5. The fraction of sp³-hybridized carbons (Fsp3) is 0.500. The van der Waals surface area contributed by atoms with Gasteiger partial charge < -0.3 is 14.2 Å². The largest absolute Gasteiger partial charge is 0.370 e. The minimum absolute atomic E-state index is 0.131. The van der Waals surface area contributed by atoms with Crippen LogP contribution in [0.4, 0.5) is 0 Å². The molecule has 0 amide bonds. The van der Waals surface area contributed by atoms with Crippen molar-refractivity contribution in [3.8, 4) is 0 Å². The van der Waals surface area contributed by atoms with Crippen LogP contribution in [0.15, 0.2) is 33.7 Å². The first-order valence-electron chi connectivity index (χ1n) is 8.80. The van der Waals surface area contributed by atoms with Gasteiger partial charge in [0.1, 0.15) is 23.7 Å². The summed E-state index contributed by atoms with van der Waals surface area (Å²) in [4.78, 5) is 1.45. The maximum absolute atomic E-state index is 13.0. The van der Waals surface area contributed by atoms with Crippen LogP contribution >= 0.6 is 0 Å². The van der Waals surface area contributed by atoms with E-state index in [1.54, 1.807) is 13.8 Å². The second kappa shape index (κ2) is 7.87. The highest BCUT2D eigenvalue weighted by Gasteiger charge is 2.30. The van der Waals surface area contributed by atoms with Gasteiger partial charge in [-0.05, 0) is 26.3 Å². The summed E-state index contributed by atoms with van der Waals surface area (Å²) in [6, 6.07) is 7.64. The van der Waals surface area contributed by atoms with Crippen molar-refractivity contribution in [1.29, 1.82) is 0 Å². The topological polar surface area (TPSA) is 85.9 Å². The van der Waals surface area contributed by atoms with Crippen molar-refractivity contribution in [2.75, 3.05) is 32.8 Å². The van der Waals surface area contributed by atoms with Crippen molar-refractivity contribution < 1.29 is 22.6 Å². The summed E-state index contributed by atoms with van der Waals surface area (Å²) < 4.78 is 39.3. The Morgan fingerprint density at radius 1 is 1.15 bits per heavy atom. The molecule has 1 aliphatic rings. The van der Waals surface area contributed by atoms with Gasteiger partial charge in [-0.1, -0.05) is 35.0 Å². The zero-order valence-corrected chi connectivity index (χ0v) is 16.2. The molecule has 1 aromatic carbocycles. The van der Waals surface area contributed by atoms with Crippen LogP contribution in [0, 0.1) is 20.8 Å². The van der Waals surface area contributed by atoms with Gasteiger partial charge in [0.25, 0.3) is 0 Å². The smallest absolute Gasteiger partial charge is 0.246 e. The van der Waals surface area contributed by atoms with E-state index in [0.717, 1.165) is 24.2 Å². The Hall–Kier alpha value is -1.74. The molecule has 1 saturated heterocycles. The maximum atomic E-state index is 13.0. The number of aromatic nitrogens is 1. The highest BCUT2D eigenvalue weighted by Crippen LogP contribution is 2.22. The highest BCUT2D eigenvalue weighted by atomic mass is 32.2. The molecule has 3 rings (SSSR count). The first-order chi connectivity index (χ1) is 12.4. The van der Waals surface area contributed by atoms with Crippen molar-refractivity contribution in [1.82, 2.24) is 9.88 Å². The Labute approximate surface area is 154 Å². The van der Waals surface area contributed by atoms with Gasteiger partial charge in [0.2, 0.25) is 10.0 Å². The number of rotatable bonds is 6. The lowest BCUT2D eigenvalue weighted by Gasteiger charge is -2.28. The molecule has 7 nitrogen and oxygen atoms in total. The van der Waals surface area contributed by atoms with Crippen LogP contribution in [-0.4, -0.2) is 46.4 Å². The van der Waals surface area contributed by atoms with Gasteiger partial charge in [-0.2, -0.15) is 4.72 Å². The van der Waals surface area contributed by atoms with Crippen LogP contribution in [0.1, 0.15) is 28.6 Å². The minimum Gasteiger partial charge on any atom is -0.370 e. The molecular weight excluding hydrogens is 354 g/mol. The third-order valence-corrected chi connectivity index (χ3v) is 6.42. The van der Waals surface area contributed by atoms with E-state index in [4.69, 9.17) is 9.26 Å². The van der Waals surface area contributed by atoms with Crippen molar-refractivity contribution in [3.05, 3.63) is 46.8 Å². The Kier molecular flexibility index (Phi) is 5.76. The van der Waals surface area contributed by atoms with Crippen LogP contribution in [0.2, 0.25) is 0 Å². The van der Waals surface area contributed by atoms with E-state index in [0.29, 0.717) is 31.2 Å². The molecule has 0 radical (unpaired) electrons. The molecule has 2 heterocycles. The molecule has 2 N–H and O–H groups in total. The zero-order chi connectivity index (χ0) is 18.7. The van der Waals surface area contributed by atoms with Gasteiger partial charge in [0.05, 0.1) is 25.8 Å². The molecule has 0 saturated carbocycles. The number of sulfonamides is 1. The van der Waals surface area contributed by atoms with E-state index in [2.05, 4.69) is 9.88 Å². The first-order valence-corrected chi connectivity index (χ1v) is 10.3. The van der Waals surface area contributed by atoms with Gasteiger partial charge in [-0.25, -0.2) is 8.42 Å². The molecule has 0 aliphatic carbocycles. The molecule has 142 valence electrons. The lowest BCUT2D eigenvalue weighted by molar-refractivity contribution is -0.909. The van der Waals surface area contributed by atoms with Crippen LogP contribution in [0.3, 0.4) is 0 Å². The number of quaternary nitrogens is 1. The SMILES string of the molecule is Cc1ccc([C@H](C[NH+]2CCOCC2)NS(=O)(=O)c2c(C)noc2C)cc1. The molecular formula is C18H26N3O4S+. The molecule has 0 bridgehead atoms. The second-order valence-electron chi connectivity index (χ2n) is 6.80. The standard InChI is InChI=1S/C18H25N3O4S/c1-13-4-6-16(7-5-13)17(12-21-8-10-24-11-9-21)20-26(22,23)18-14(2)19-25-15(18)3/h4-7,17,20H,8-12H2,1-3H3/p+1/t17-/m0/s1. The van der Waals surface area contributed by atoms with Gasteiger partial charge in [0.15, 0.2) is 5.76 Å². The van der Waals surface area contributed by atoms with Crippen molar-refractivity contribution >= 4 is 10.0 Å². The normalized spacial score (nSPS) is 17.3. The molecule has 1 fully saturated rings. The third kappa shape index (κ3) is 4.32. The van der Waals surface area contributed by atoms with E-state index in [9.17, 15) is 8.42 Å². The lowest BCUT2D eigenvalue weighted by Crippen LogP contribution is -3.14. The molecule has 2 aromatic rings. The molecule has 8 heteroatoms. The van der Waals surface area contributed by atoms with Crippen molar-refractivity contribution in [2.24, 2.45) is 0 Å². The molecule has 1 aliphatic heterocycles. The summed E-state index contributed by atoms with van der Waals surface area (Å²) in [5.41, 5.74) is 2.46. The lowest BCUT2D eigenvalue weighted by atomic mass is 10.1. The number of nitrogens with one attached hydrogen (secondary N) is 2. The summed E-state index contributed by atoms with van der Waals surface area (Å²) >= 11 is 0. The molecule has 1 atom stereocenters. The van der Waals surface area contributed by atoms with Crippen LogP contribution in [0.25, 0.3) is 0 Å². The minimum atomic E-state index is -3.74. The monoisotopic (exact) mass is 380 g/mol. The van der Waals surface area contributed by atoms with Gasteiger partial charge >= 0.3 is 0 Å². The Balaban J connectivity index is 1.88. The first kappa shape index (κ1) is 19.0. The maximum Gasteiger partial charge on any atom is 0.246 e. The number of nitrogens with zero attached hydrogens (tertiary/aromatic N) is 1. The molecule has 0 unspecified atom stereocenters. The molecule has 26 heavy (non-hydrogen) atoms. The van der Waals surface area contributed by atoms with Gasteiger partial charge in [-0.15, -0.1) is 0 Å². The van der Waals surface area contributed by atoms with Crippen LogP contribution < -0.4 is 9.62 Å². The van der Waals surface area contributed by atoms with E-state index >= 15 is 0 Å². The van der Waals surface area contributed by atoms with E-state index in [1.807, 2.05) is 31.2 Å². The number of morpholine rings is 1. The average Bonchev–Trinajstić information content (AvgIpc) is 2.95. The molecule has 1 aromatic heterocycles. The van der Waals surface area contributed by atoms with Crippen molar-refractivity contribution in [3.63, 3.8) is 0 Å². The highest BCUT2D eigenvalue weighted by molar-refractivity contribution is 7.89. The van der Waals surface area contributed by atoms with Crippen LogP contribution in [0.5, 0.6) is 0 Å². The zero-order valence-electron chi connectivity index (χ0n) is 15.4. The predicted octanol–water partition coefficient (Wildman–Crippen LogP) is 0.535. The number of benzene rings is 1. The Morgan fingerprint density at radius 2 is 1.81 bits per heavy atom. The molecule has 0 spiro atoms. The van der Waals surface area contributed by atoms with Gasteiger partial charge in [-0.3, -0.25) is 0 Å². The summed E-state index contributed by atoms with van der Waals surface area (Å²) in [7, 11) is -3.74. The predicted molar refractivity (Wildman–Crippen MR) is 96.6 cm³/mol. The van der Waals surface area contributed by atoms with Crippen LogP contribution in [-0.2, 0) is 14.8 Å². The summed E-state index contributed by atoms with van der Waals surface area (Å²) in [6.45, 7) is 9.07. The fourth-order valence-corrected chi connectivity index (χ4v) is 4.84. The number of ether oxygens (including phenoxy) is 1. The summed E-state index contributed by atoms with van der Waals surface area (Å²) in [6.07, 6.45) is 0. The summed E-state index contributed by atoms with van der Waals surface area (Å²) in [5.74, 6) is 0.302. The summed E-state index contributed by atoms with van der Waals surface area (Å²) in [5, 5.41) is 3.77. The quantitative estimate of drug-likeness (QED) is 0.764. The number of hydrogen-bond donors (Lipinski definition) is 2. The van der Waals surface area contributed by atoms with E-state index in [-0.39, 0.29) is 10.9 Å².